The highest BCUT2D eigenvalue weighted by atomic mass is 32.2. The van der Waals surface area contributed by atoms with Gasteiger partial charge in [-0.15, -0.1) is 11.8 Å². The molecule has 0 spiro atoms. The van der Waals surface area contributed by atoms with Crippen LogP contribution in [0.25, 0.3) is 10.8 Å². The van der Waals surface area contributed by atoms with E-state index in [2.05, 4.69) is 10.3 Å². The zero-order valence-corrected chi connectivity index (χ0v) is 28.2. The predicted octanol–water partition coefficient (Wildman–Crippen LogP) is 7.30. The fourth-order valence-corrected chi connectivity index (χ4v) is 11.8. The number of anilines is 2. The summed E-state index contributed by atoms with van der Waals surface area (Å²) >= 11 is 2.64. The Bertz CT molecular complexity index is 2320. The molecule has 1 aromatic heterocycles. The fourth-order valence-electron chi connectivity index (χ4n) is 8.88. The second-order valence-electron chi connectivity index (χ2n) is 13.5. The highest BCUT2D eigenvalue weighted by molar-refractivity contribution is 8.00. The molecule has 3 fully saturated rings. The summed E-state index contributed by atoms with van der Waals surface area (Å²) in [6.07, 6.45) is -3.99. The number of thioether (sulfide) groups is 1. The molecule has 1 saturated heterocycles. The number of imide groups is 1. The quantitative estimate of drug-likeness (QED) is 0.178. The lowest BCUT2D eigenvalue weighted by molar-refractivity contribution is -0.137. The normalized spacial score (nSPS) is 26.3. The van der Waals surface area contributed by atoms with Crippen LogP contribution in [0.2, 0.25) is 0 Å². The van der Waals surface area contributed by atoms with Gasteiger partial charge in [0.2, 0.25) is 11.8 Å². The first-order valence-corrected chi connectivity index (χ1v) is 18.2. The van der Waals surface area contributed by atoms with Crippen LogP contribution in [-0.4, -0.2) is 34.6 Å². The number of carbonyl (C=O) groups excluding carboxylic acids is 3. The number of thiazole rings is 1. The minimum Gasteiger partial charge on any atom is -0.484 e. The number of carbonyl (C=O) groups is 3. The van der Waals surface area contributed by atoms with Gasteiger partial charge in [-0.2, -0.15) is 13.2 Å². The number of H-pyrrole nitrogens is 1. The zero-order chi connectivity index (χ0) is 35.2. The first-order valence-electron chi connectivity index (χ1n) is 16.5. The van der Waals surface area contributed by atoms with Gasteiger partial charge in [-0.3, -0.25) is 24.1 Å². The molecular formula is C38H28F3N3O5S2. The number of benzene rings is 4. The van der Waals surface area contributed by atoms with E-state index in [1.54, 1.807) is 6.07 Å². The average Bonchev–Trinajstić information content (AvgIpc) is 3.85. The van der Waals surface area contributed by atoms with Gasteiger partial charge in [0.15, 0.2) is 6.61 Å². The Morgan fingerprint density at radius 2 is 1.65 bits per heavy atom. The Morgan fingerprint density at radius 1 is 0.882 bits per heavy atom. The summed E-state index contributed by atoms with van der Waals surface area (Å²) in [5.74, 6) is -2.95. The van der Waals surface area contributed by atoms with Crippen LogP contribution in [0.5, 0.6) is 5.75 Å². The zero-order valence-electron chi connectivity index (χ0n) is 26.6. The molecule has 6 unspecified atom stereocenters. The number of amides is 3. The fraction of sp³-hybridized carbons (Fsp3) is 0.263. The van der Waals surface area contributed by atoms with Crippen molar-refractivity contribution in [1.29, 1.82) is 0 Å². The van der Waals surface area contributed by atoms with E-state index in [0.717, 1.165) is 54.6 Å². The molecule has 0 radical (unpaired) electrons. The smallest absolute Gasteiger partial charge is 0.416 e. The lowest BCUT2D eigenvalue weighted by Crippen LogP contribution is -2.42. The van der Waals surface area contributed by atoms with Crippen molar-refractivity contribution < 1.29 is 32.3 Å². The van der Waals surface area contributed by atoms with Gasteiger partial charge < -0.3 is 15.0 Å². The number of rotatable bonds is 6. The topological polar surface area (TPSA) is 109 Å². The molecule has 5 aromatic rings. The molecule has 2 N–H and O–H groups in total. The maximum atomic E-state index is 14.0. The van der Waals surface area contributed by atoms with Crippen molar-refractivity contribution in [1.82, 2.24) is 4.98 Å². The maximum Gasteiger partial charge on any atom is 0.416 e. The molecule has 4 aliphatic rings. The van der Waals surface area contributed by atoms with E-state index < -0.39 is 35.4 Å². The molecule has 3 heterocycles. The van der Waals surface area contributed by atoms with Crippen molar-refractivity contribution in [2.75, 3.05) is 16.8 Å². The largest absolute Gasteiger partial charge is 0.484 e. The highest BCUT2D eigenvalue weighted by Crippen LogP contribution is 2.68. The number of hydrogen-bond acceptors (Lipinski definition) is 7. The molecule has 4 aromatic carbocycles. The summed E-state index contributed by atoms with van der Waals surface area (Å²) in [6.45, 7) is -0.234. The molecule has 2 saturated carbocycles. The molecule has 3 amide bonds. The number of ether oxygens (including phenoxy) is 1. The summed E-state index contributed by atoms with van der Waals surface area (Å²) in [5.41, 5.74) is 0.507. The second-order valence-corrected chi connectivity index (χ2v) is 15.7. The highest BCUT2D eigenvalue weighted by Gasteiger charge is 2.69. The minimum atomic E-state index is -4.62. The molecule has 8 nitrogen and oxygen atoms in total. The number of nitrogens with zero attached hydrogens (tertiary/aromatic N) is 1. The Kier molecular flexibility index (Phi) is 7.44. The lowest BCUT2D eigenvalue weighted by Gasteiger charge is -2.43. The van der Waals surface area contributed by atoms with E-state index in [-0.39, 0.29) is 52.0 Å². The number of nitrogens with one attached hydrogen (secondary N) is 2. The molecule has 2 bridgehead atoms. The molecule has 2 aliphatic carbocycles. The number of fused-ring (bicyclic) bond motifs is 10. The summed E-state index contributed by atoms with van der Waals surface area (Å²) in [7, 11) is 0. The number of alkyl halides is 3. The Hall–Kier alpha value is -4.88. The number of aromatic nitrogens is 1. The summed E-state index contributed by atoms with van der Waals surface area (Å²) in [6, 6.07) is 25.2. The van der Waals surface area contributed by atoms with Gasteiger partial charge in [0.05, 0.1) is 28.1 Å². The molecule has 51 heavy (non-hydrogen) atoms. The van der Waals surface area contributed by atoms with Crippen LogP contribution in [0.4, 0.5) is 24.5 Å². The van der Waals surface area contributed by atoms with E-state index in [9.17, 15) is 32.3 Å². The third-order valence-electron chi connectivity index (χ3n) is 10.8. The van der Waals surface area contributed by atoms with Crippen LogP contribution in [0.15, 0.2) is 101 Å². The molecule has 2 aliphatic heterocycles. The van der Waals surface area contributed by atoms with Crippen LogP contribution in [0.3, 0.4) is 0 Å². The van der Waals surface area contributed by atoms with E-state index in [1.807, 2.05) is 60.7 Å². The van der Waals surface area contributed by atoms with Crippen molar-refractivity contribution in [2.45, 2.75) is 28.8 Å². The van der Waals surface area contributed by atoms with Crippen molar-refractivity contribution in [2.24, 2.45) is 29.6 Å². The van der Waals surface area contributed by atoms with Crippen molar-refractivity contribution in [3.05, 3.63) is 117 Å². The Morgan fingerprint density at radius 3 is 2.45 bits per heavy atom. The van der Waals surface area contributed by atoms with Gasteiger partial charge in [0.1, 0.15) is 5.75 Å². The Balaban J connectivity index is 0.988. The van der Waals surface area contributed by atoms with Gasteiger partial charge in [-0.1, -0.05) is 59.9 Å². The first kappa shape index (κ1) is 32.1. The standard InChI is InChI=1S/C38H28F3N3O5S2/c39-38(40,41)21-8-4-9-23(15-21)44-35(46)30-25-16-26(31(30)36(44)47)32-29(25)28(33-34(50-32)43-37(48)51-33)20-7-3-10-24(14-20)49-17-27(45)42-22-12-11-18-5-1-2-6-19(18)13-22/h1-15,25-26,28-32H,16-17H2,(H,42,45)(H,43,48)/t25?,26?,28-,29?,30?,31?,32?/m1/s1. The maximum absolute atomic E-state index is 14.0. The van der Waals surface area contributed by atoms with Gasteiger partial charge in [-0.25, -0.2) is 0 Å². The van der Waals surface area contributed by atoms with Crippen LogP contribution in [-0.2, 0) is 20.6 Å². The van der Waals surface area contributed by atoms with Crippen LogP contribution < -0.4 is 19.8 Å². The number of hydrogen-bond donors (Lipinski definition) is 2. The number of halogens is 3. The minimum absolute atomic E-state index is 0.0706. The lowest BCUT2D eigenvalue weighted by atomic mass is 9.68. The van der Waals surface area contributed by atoms with Gasteiger partial charge >= 0.3 is 11.0 Å². The third-order valence-corrected chi connectivity index (χ3v) is 13.4. The molecule has 13 heteroatoms. The second kappa shape index (κ2) is 11.8. The summed E-state index contributed by atoms with van der Waals surface area (Å²) in [5, 5.41) is 5.56. The molecular weight excluding hydrogens is 700 g/mol. The van der Waals surface area contributed by atoms with E-state index in [0.29, 0.717) is 17.9 Å². The number of aromatic amines is 1. The van der Waals surface area contributed by atoms with Crippen LogP contribution in [0.1, 0.15) is 28.3 Å². The van der Waals surface area contributed by atoms with E-state index in [4.69, 9.17) is 4.74 Å². The summed E-state index contributed by atoms with van der Waals surface area (Å²) in [4.78, 5) is 58.0. The van der Waals surface area contributed by atoms with Crippen LogP contribution in [0, 0.1) is 29.6 Å². The first-order chi connectivity index (χ1) is 24.5. The van der Waals surface area contributed by atoms with Gasteiger partial charge in [0, 0.05) is 21.7 Å². The predicted molar refractivity (Wildman–Crippen MR) is 187 cm³/mol. The van der Waals surface area contributed by atoms with Crippen molar-refractivity contribution in [3.8, 4) is 5.75 Å². The third kappa shape index (κ3) is 5.27. The van der Waals surface area contributed by atoms with Gasteiger partial charge in [0.25, 0.3) is 5.91 Å². The van der Waals surface area contributed by atoms with Gasteiger partial charge in [-0.05, 0) is 83.0 Å². The Labute approximate surface area is 297 Å². The monoisotopic (exact) mass is 727 g/mol. The van der Waals surface area contributed by atoms with Crippen molar-refractivity contribution >= 4 is 63.0 Å². The molecule has 7 atom stereocenters. The SMILES string of the molecule is O=C(COc1cccc([C@H]2c3sc(=O)[nH]c3SC3C4CC(C5C(=O)N(c6cccc(C(F)(F)F)c6)C(=O)C45)C32)c1)Nc1ccc2ccccc2c1. The van der Waals surface area contributed by atoms with E-state index >= 15 is 0 Å². The molecule has 258 valence electrons. The van der Waals surface area contributed by atoms with Crippen LogP contribution >= 0.6 is 23.1 Å². The average molecular weight is 728 g/mol. The molecule has 9 rings (SSSR count). The van der Waals surface area contributed by atoms with Crippen molar-refractivity contribution in [3.63, 3.8) is 0 Å². The summed E-state index contributed by atoms with van der Waals surface area (Å²) < 4.78 is 46.6. The van der Waals surface area contributed by atoms with E-state index in [1.165, 1.54) is 23.9 Å².